The Morgan fingerprint density at radius 1 is 1.24 bits per heavy atom. The second kappa shape index (κ2) is 10.0. The summed E-state index contributed by atoms with van der Waals surface area (Å²) in [6, 6.07) is 7.32. The van der Waals surface area contributed by atoms with Crippen LogP contribution in [-0.4, -0.2) is 55.1 Å². The number of rotatable bonds is 8. The molecule has 172 valence electrons. The Morgan fingerprint density at radius 3 is 2.76 bits per heavy atom. The molecule has 33 heavy (non-hydrogen) atoms. The molecule has 1 aliphatic rings. The number of amides is 1. The summed E-state index contributed by atoms with van der Waals surface area (Å²) >= 11 is 7.47. The lowest BCUT2D eigenvalue weighted by Crippen LogP contribution is -2.36. The van der Waals surface area contributed by atoms with E-state index in [2.05, 4.69) is 25.5 Å². The van der Waals surface area contributed by atoms with Crippen LogP contribution in [0, 0.1) is 0 Å². The van der Waals surface area contributed by atoms with Crippen molar-refractivity contribution in [1.82, 2.24) is 9.97 Å². The quantitative estimate of drug-likeness (QED) is 0.323. The molecule has 0 atom stereocenters. The predicted octanol–water partition coefficient (Wildman–Crippen LogP) is 3.19. The topological polar surface area (TPSA) is 132 Å². The number of nitrogens with zero attached hydrogens (tertiary/aromatic N) is 3. The van der Waals surface area contributed by atoms with Gasteiger partial charge >= 0.3 is 0 Å². The molecule has 1 amide bonds. The zero-order valence-corrected chi connectivity index (χ0v) is 19.2. The standard InChI is InChI=1S/C21H21ClN6O4S/c1-31-16-10-12(28-5-7-32-8-6-28)2-3-15(16)25-21-24-11-14(22)19(27-21)26-20-13(4-9-33-20)17(29)18(23)30/h2-4,9-11H,5-8H2,1H3,(H2,23,30)(H2,24,25,26,27). The predicted molar refractivity (Wildman–Crippen MR) is 127 cm³/mol. The van der Waals surface area contributed by atoms with Gasteiger partial charge in [0, 0.05) is 24.8 Å². The van der Waals surface area contributed by atoms with Crippen molar-refractivity contribution in [3.05, 3.63) is 46.4 Å². The van der Waals surface area contributed by atoms with Gasteiger partial charge < -0.3 is 30.7 Å². The van der Waals surface area contributed by atoms with Gasteiger partial charge in [0.05, 0.1) is 37.8 Å². The van der Waals surface area contributed by atoms with Crippen LogP contribution in [0.15, 0.2) is 35.8 Å². The van der Waals surface area contributed by atoms with Crippen molar-refractivity contribution < 1.29 is 19.1 Å². The minimum absolute atomic E-state index is 0.150. The molecule has 0 bridgehead atoms. The maximum atomic E-state index is 12.0. The zero-order chi connectivity index (χ0) is 23.4. The summed E-state index contributed by atoms with van der Waals surface area (Å²) in [6.45, 7) is 3.00. The van der Waals surface area contributed by atoms with E-state index in [4.69, 9.17) is 26.8 Å². The molecule has 3 aromatic rings. The van der Waals surface area contributed by atoms with E-state index in [1.165, 1.54) is 23.6 Å². The van der Waals surface area contributed by atoms with Gasteiger partial charge in [0.2, 0.25) is 5.95 Å². The minimum Gasteiger partial charge on any atom is -0.494 e. The average molecular weight is 489 g/mol. The second-order valence-electron chi connectivity index (χ2n) is 6.98. The molecule has 4 rings (SSSR count). The molecule has 1 saturated heterocycles. The monoisotopic (exact) mass is 488 g/mol. The fraction of sp³-hybridized carbons (Fsp3) is 0.238. The maximum Gasteiger partial charge on any atom is 0.289 e. The van der Waals surface area contributed by atoms with Crippen molar-refractivity contribution >= 4 is 62.8 Å². The number of anilines is 5. The van der Waals surface area contributed by atoms with Crippen LogP contribution in [0.3, 0.4) is 0 Å². The van der Waals surface area contributed by atoms with Crippen LogP contribution in [0.5, 0.6) is 5.75 Å². The Kier molecular flexibility index (Phi) is 6.92. The largest absolute Gasteiger partial charge is 0.494 e. The normalized spacial score (nSPS) is 13.5. The average Bonchev–Trinajstić information content (AvgIpc) is 3.29. The molecule has 0 saturated carbocycles. The molecule has 1 aliphatic heterocycles. The van der Waals surface area contributed by atoms with Crippen molar-refractivity contribution in [3.63, 3.8) is 0 Å². The molecule has 10 nitrogen and oxygen atoms in total. The van der Waals surface area contributed by atoms with E-state index >= 15 is 0 Å². The molecule has 1 aromatic carbocycles. The van der Waals surface area contributed by atoms with Gasteiger partial charge in [0.1, 0.15) is 15.8 Å². The summed E-state index contributed by atoms with van der Waals surface area (Å²) in [6.07, 6.45) is 1.43. The number of ether oxygens (including phenoxy) is 2. The van der Waals surface area contributed by atoms with Crippen molar-refractivity contribution in [2.24, 2.45) is 5.73 Å². The van der Waals surface area contributed by atoms with E-state index in [1.54, 1.807) is 12.5 Å². The second-order valence-corrected chi connectivity index (χ2v) is 8.30. The van der Waals surface area contributed by atoms with E-state index in [1.807, 2.05) is 18.2 Å². The molecule has 12 heteroatoms. The fourth-order valence-electron chi connectivity index (χ4n) is 3.26. The van der Waals surface area contributed by atoms with E-state index in [0.29, 0.717) is 29.7 Å². The molecule has 0 aliphatic carbocycles. The Labute approximate surface area is 198 Å². The first-order valence-corrected chi connectivity index (χ1v) is 11.2. The number of ketones is 1. The number of halogens is 1. The number of benzene rings is 1. The number of nitrogens with two attached hydrogens (primary N) is 1. The van der Waals surface area contributed by atoms with E-state index < -0.39 is 11.7 Å². The molecule has 0 unspecified atom stereocenters. The van der Waals surface area contributed by atoms with E-state index in [9.17, 15) is 9.59 Å². The van der Waals surface area contributed by atoms with Gasteiger partial charge in [-0.15, -0.1) is 11.3 Å². The number of primary amides is 1. The number of thiophene rings is 1. The first-order chi connectivity index (χ1) is 16.0. The first kappa shape index (κ1) is 22.8. The van der Waals surface area contributed by atoms with Gasteiger partial charge in [0.25, 0.3) is 11.7 Å². The van der Waals surface area contributed by atoms with Gasteiger partial charge in [-0.2, -0.15) is 4.98 Å². The van der Waals surface area contributed by atoms with Gasteiger partial charge in [0.15, 0.2) is 5.82 Å². The highest BCUT2D eigenvalue weighted by atomic mass is 35.5. The highest BCUT2D eigenvalue weighted by Crippen LogP contribution is 2.34. The highest BCUT2D eigenvalue weighted by Gasteiger charge is 2.20. The zero-order valence-electron chi connectivity index (χ0n) is 17.6. The summed E-state index contributed by atoms with van der Waals surface area (Å²) in [5.41, 5.74) is 6.97. The van der Waals surface area contributed by atoms with Crippen LogP contribution in [-0.2, 0) is 9.53 Å². The first-order valence-electron chi connectivity index (χ1n) is 9.95. The smallest absolute Gasteiger partial charge is 0.289 e. The number of aromatic nitrogens is 2. The van der Waals surface area contributed by atoms with Gasteiger partial charge in [-0.05, 0) is 23.6 Å². The van der Waals surface area contributed by atoms with Gasteiger partial charge in [-0.3, -0.25) is 9.59 Å². The third-order valence-electron chi connectivity index (χ3n) is 4.92. The van der Waals surface area contributed by atoms with E-state index in [-0.39, 0.29) is 22.4 Å². The number of hydrogen-bond donors (Lipinski definition) is 3. The molecule has 3 heterocycles. The van der Waals surface area contributed by atoms with Crippen LogP contribution in [0.4, 0.5) is 28.1 Å². The lowest BCUT2D eigenvalue weighted by Gasteiger charge is -2.29. The number of nitrogens with one attached hydrogen (secondary N) is 2. The van der Waals surface area contributed by atoms with Crippen LogP contribution in [0.2, 0.25) is 5.02 Å². The number of hydrogen-bond acceptors (Lipinski definition) is 10. The van der Waals surface area contributed by atoms with Gasteiger partial charge in [-0.1, -0.05) is 11.6 Å². The summed E-state index contributed by atoms with van der Waals surface area (Å²) in [4.78, 5) is 34.1. The Hall–Kier alpha value is -3.41. The lowest BCUT2D eigenvalue weighted by molar-refractivity contribution is -0.114. The van der Waals surface area contributed by atoms with Gasteiger partial charge in [-0.25, -0.2) is 4.98 Å². The highest BCUT2D eigenvalue weighted by molar-refractivity contribution is 7.14. The van der Waals surface area contributed by atoms with Crippen molar-refractivity contribution in [3.8, 4) is 5.75 Å². The van der Waals surface area contributed by atoms with Crippen LogP contribution in [0.25, 0.3) is 0 Å². The number of carbonyl (C=O) groups is 2. The van der Waals surface area contributed by atoms with Crippen LogP contribution >= 0.6 is 22.9 Å². The molecule has 1 fully saturated rings. The van der Waals surface area contributed by atoms with E-state index in [0.717, 1.165) is 18.8 Å². The Bertz CT molecular complexity index is 1180. The Morgan fingerprint density at radius 2 is 2.03 bits per heavy atom. The minimum atomic E-state index is -1.04. The number of methoxy groups -OCH3 is 1. The molecule has 2 aromatic heterocycles. The number of morpholine rings is 1. The van der Waals surface area contributed by atoms with Crippen molar-refractivity contribution in [2.45, 2.75) is 0 Å². The number of carbonyl (C=O) groups excluding carboxylic acids is 2. The molecular weight excluding hydrogens is 468 g/mol. The van der Waals surface area contributed by atoms with Crippen LogP contribution in [0.1, 0.15) is 10.4 Å². The third kappa shape index (κ3) is 5.16. The van der Waals surface area contributed by atoms with Crippen molar-refractivity contribution in [1.29, 1.82) is 0 Å². The number of Topliss-reactive ketones (excluding diaryl/α,β-unsaturated/α-hetero) is 1. The van der Waals surface area contributed by atoms with Crippen molar-refractivity contribution in [2.75, 3.05) is 48.9 Å². The summed E-state index contributed by atoms with van der Waals surface area (Å²) in [5.74, 6) is -0.690. The maximum absolute atomic E-state index is 12.0. The van der Waals surface area contributed by atoms with Crippen LogP contribution < -0.4 is 26.0 Å². The molecular formula is C21H21ClN6O4S. The molecule has 0 spiro atoms. The lowest BCUT2D eigenvalue weighted by atomic mass is 10.2. The summed E-state index contributed by atoms with van der Waals surface area (Å²) in [7, 11) is 1.59. The Balaban J connectivity index is 1.56. The molecule has 0 radical (unpaired) electrons. The molecule has 4 N–H and O–H groups in total. The fourth-order valence-corrected chi connectivity index (χ4v) is 4.18. The SMILES string of the molecule is COc1cc(N2CCOCC2)ccc1Nc1ncc(Cl)c(Nc2sccc2C(=O)C(N)=O)n1. The summed E-state index contributed by atoms with van der Waals surface area (Å²) in [5, 5.41) is 8.41. The summed E-state index contributed by atoms with van der Waals surface area (Å²) < 4.78 is 11.0. The third-order valence-corrected chi connectivity index (χ3v) is 6.02.